The molecule has 0 aliphatic rings. The summed E-state index contributed by atoms with van der Waals surface area (Å²) in [5.41, 5.74) is 0. The molecule has 0 heterocycles. The molecule has 0 saturated carbocycles. The summed E-state index contributed by atoms with van der Waals surface area (Å²) in [4.78, 5) is 19.1. The molecule has 2 atom stereocenters. The summed E-state index contributed by atoms with van der Waals surface area (Å²) in [6.07, 6.45) is -2.13. The van der Waals surface area contributed by atoms with E-state index in [2.05, 4.69) is 0 Å². The van der Waals surface area contributed by atoms with E-state index >= 15 is 0 Å². The molecule has 0 aromatic carbocycles. The molecule has 0 amide bonds. The quantitative estimate of drug-likeness (QED) is 0.525. The van der Waals surface area contributed by atoms with Gasteiger partial charge < -0.3 is 30.0 Å². The Hall–Kier alpha value is -0.621. The predicted octanol–water partition coefficient (Wildman–Crippen LogP) is -2.99. The summed E-state index contributed by atoms with van der Waals surface area (Å²) < 4.78 is 0. The molecule has 0 saturated heterocycles. The van der Waals surface area contributed by atoms with Crippen LogP contribution in [0.4, 0.5) is 0 Å². The maximum Gasteiger partial charge on any atom is 2.00 e. The normalized spacial score (nSPS) is 12.5. The molecule has 0 spiro atoms. The van der Waals surface area contributed by atoms with Gasteiger partial charge in [0, 0.05) is 24.8 Å². The monoisotopic (exact) mass is 269 g/mol. The molecule has 6 nitrogen and oxygen atoms in total. The number of hydrogen-bond acceptors (Lipinski definition) is 6. The fourth-order valence-electron chi connectivity index (χ4n) is 0.482. The predicted molar refractivity (Wildman–Crippen MR) is 42.6 cm³/mol. The van der Waals surface area contributed by atoms with Gasteiger partial charge in [0.25, 0.3) is 0 Å². The molecule has 0 rings (SSSR count). The SMILES string of the molecule is CC(O)CC(=O)[O-].CC(O)CC(=O)[O-].[Cu+2]. The van der Waals surface area contributed by atoms with Crippen LogP contribution >= 0.6 is 0 Å². The van der Waals surface area contributed by atoms with Crippen molar-refractivity contribution in [3.63, 3.8) is 0 Å². The van der Waals surface area contributed by atoms with E-state index in [-0.39, 0.29) is 29.9 Å². The fourth-order valence-corrected chi connectivity index (χ4v) is 0.482. The summed E-state index contributed by atoms with van der Waals surface area (Å²) in [5, 5.41) is 35.7. The van der Waals surface area contributed by atoms with Gasteiger partial charge in [0.15, 0.2) is 0 Å². The molecular weight excluding hydrogens is 256 g/mol. The first-order valence-electron chi connectivity index (χ1n) is 4.01. The third-order valence-electron chi connectivity index (χ3n) is 0.924. The van der Waals surface area contributed by atoms with Gasteiger partial charge in [-0.15, -0.1) is 0 Å². The molecule has 2 unspecified atom stereocenters. The van der Waals surface area contributed by atoms with Gasteiger partial charge in [-0.05, 0) is 13.8 Å². The minimum absolute atomic E-state index is 0. The van der Waals surface area contributed by atoms with Crippen LogP contribution in [-0.4, -0.2) is 34.4 Å². The van der Waals surface area contributed by atoms with Gasteiger partial charge in [-0.1, -0.05) is 0 Å². The summed E-state index contributed by atoms with van der Waals surface area (Å²) in [6, 6.07) is 0. The van der Waals surface area contributed by atoms with Crippen LogP contribution in [0, 0.1) is 0 Å². The Balaban J connectivity index is -0.000000180. The number of carboxylic acid groups (broad SMARTS) is 2. The van der Waals surface area contributed by atoms with Crippen LogP contribution < -0.4 is 10.2 Å². The Bertz CT molecular complexity index is 160. The van der Waals surface area contributed by atoms with E-state index in [1.54, 1.807) is 0 Å². The summed E-state index contributed by atoms with van der Waals surface area (Å²) in [6.45, 7) is 2.80. The first kappa shape index (κ1) is 19.9. The summed E-state index contributed by atoms with van der Waals surface area (Å²) in [5.74, 6) is -2.43. The van der Waals surface area contributed by atoms with E-state index in [0.29, 0.717) is 0 Å². The van der Waals surface area contributed by atoms with Gasteiger partial charge in [0.1, 0.15) is 0 Å². The van der Waals surface area contributed by atoms with E-state index in [4.69, 9.17) is 10.2 Å². The number of aliphatic hydroxyl groups is 2. The van der Waals surface area contributed by atoms with Gasteiger partial charge in [-0.2, -0.15) is 0 Å². The third-order valence-corrected chi connectivity index (χ3v) is 0.924. The number of carbonyl (C=O) groups excluding carboxylic acids is 2. The molecule has 0 aliphatic carbocycles. The van der Waals surface area contributed by atoms with E-state index < -0.39 is 24.1 Å². The Morgan fingerprint density at radius 1 is 1.00 bits per heavy atom. The van der Waals surface area contributed by atoms with Crippen molar-refractivity contribution in [2.75, 3.05) is 0 Å². The zero-order chi connectivity index (χ0) is 11.7. The van der Waals surface area contributed by atoms with E-state index in [1.165, 1.54) is 13.8 Å². The molecule has 1 radical (unpaired) electrons. The first-order chi connectivity index (χ1) is 6.25. The maximum atomic E-state index is 9.54. The van der Waals surface area contributed by atoms with Crippen molar-refractivity contribution in [3.05, 3.63) is 0 Å². The standard InChI is InChI=1S/2C4H8O3.Cu/c2*1-3(5)2-4(6)7;/h2*3,5H,2H2,1H3,(H,6,7);/q;;+2/p-2. The second-order valence-corrected chi connectivity index (χ2v) is 2.85. The molecule has 7 heteroatoms. The maximum absolute atomic E-state index is 9.54. The van der Waals surface area contributed by atoms with Crippen molar-refractivity contribution in [1.29, 1.82) is 0 Å². The van der Waals surface area contributed by atoms with Gasteiger partial charge in [-0.3, -0.25) is 0 Å². The number of carboxylic acids is 2. The van der Waals surface area contributed by atoms with Crippen molar-refractivity contribution in [2.45, 2.75) is 38.9 Å². The van der Waals surface area contributed by atoms with Gasteiger partial charge in [-0.25, -0.2) is 0 Å². The number of hydrogen-bond donors (Lipinski definition) is 2. The van der Waals surface area contributed by atoms with Crippen molar-refractivity contribution < 1.29 is 47.1 Å². The smallest absolute Gasteiger partial charge is 0.550 e. The first-order valence-corrected chi connectivity index (χ1v) is 4.01. The average molecular weight is 270 g/mol. The van der Waals surface area contributed by atoms with Gasteiger partial charge in [0.2, 0.25) is 0 Å². The molecule has 0 aromatic heterocycles. The van der Waals surface area contributed by atoms with Crippen molar-refractivity contribution in [1.82, 2.24) is 0 Å². The molecular formula is C8H14CuO6. The third kappa shape index (κ3) is 31.8. The van der Waals surface area contributed by atoms with E-state index in [0.717, 1.165) is 0 Å². The minimum Gasteiger partial charge on any atom is -0.550 e. The molecule has 93 valence electrons. The number of aliphatic hydroxyl groups excluding tert-OH is 2. The van der Waals surface area contributed by atoms with Crippen LogP contribution in [0.2, 0.25) is 0 Å². The summed E-state index contributed by atoms with van der Waals surface area (Å²) >= 11 is 0. The van der Waals surface area contributed by atoms with Crippen LogP contribution in [0.5, 0.6) is 0 Å². The van der Waals surface area contributed by atoms with Gasteiger partial charge in [0.05, 0.1) is 12.2 Å². The van der Waals surface area contributed by atoms with E-state index in [9.17, 15) is 19.8 Å². The molecule has 0 fully saturated rings. The van der Waals surface area contributed by atoms with Crippen LogP contribution in [0.3, 0.4) is 0 Å². The van der Waals surface area contributed by atoms with Crippen molar-refractivity contribution >= 4 is 11.9 Å². The van der Waals surface area contributed by atoms with E-state index in [1.807, 2.05) is 0 Å². The van der Waals surface area contributed by atoms with Crippen LogP contribution in [0.15, 0.2) is 0 Å². The Morgan fingerprint density at radius 2 is 1.20 bits per heavy atom. The zero-order valence-corrected chi connectivity index (χ0v) is 9.34. The molecule has 0 bridgehead atoms. The second-order valence-electron chi connectivity index (χ2n) is 2.85. The molecule has 15 heavy (non-hydrogen) atoms. The largest absolute Gasteiger partial charge is 2.00 e. The Morgan fingerprint density at radius 3 is 1.20 bits per heavy atom. The minimum atomic E-state index is -1.21. The summed E-state index contributed by atoms with van der Waals surface area (Å²) in [7, 11) is 0. The topological polar surface area (TPSA) is 121 Å². The molecule has 0 aromatic rings. The Kier molecular flexibility index (Phi) is 15.2. The molecule has 0 aliphatic heterocycles. The van der Waals surface area contributed by atoms with Crippen molar-refractivity contribution in [3.8, 4) is 0 Å². The Labute approximate surface area is 98.4 Å². The fraction of sp³-hybridized carbons (Fsp3) is 0.750. The van der Waals surface area contributed by atoms with Crippen LogP contribution in [-0.2, 0) is 26.7 Å². The number of carbonyl (C=O) groups is 2. The number of aliphatic carboxylic acids is 2. The second kappa shape index (κ2) is 11.5. The molecule has 2 N–H and O–H groups in total. The average Bonchev–Trinajstić information content (AvgIpc) is 1.79. The number of rotatable bonds is 4. The van der Waals surface area contributed by atoms with Crippen LogP contribution in [0.1, 0.15) is 26.7 Å². The van der Waals surface area contributed by atoms with Crippen molar-refractivity contribution in [2.24, 2.45) is 0 Å². The van der Waals surface area contributed by atoms with Crippen LogP contribution in [0.25, 0.3) is 0 Å². The van der Waals surface area contributed by atoms with Gasteiger partial charge >= 0.3 is 17.1 Å². The zero-order valence-electron chi connectivity index (χ0n) is 8.40.